The second-order valence-electron chi connectivity index (χ2n) is 4.76. The van der Waals surface area contributed by atoms with Crippen LogP contribution >= 0.6 is 0 Å². The molecule has 104 valence electrons. The van der Waals surface area contributed by atoms with Crippen molar-refractivity contribution in [1.29, 1.82) is 0 Å². The molecule has 1 atom stereocenters. The van der Waals surface area contributed by atoms with Crippen LogP contribution in [0.5, 0.6) is 0 Å². The lowest BCUT2D eigenvalue weighted by Crippen LogP contribution is -2.14. The molecule has 0 saturated carbocycles. The minimum Gasteiger partial charge on any atom is -0.463 e. The van der Waals surface area contributed by atoms with Crippen molar-refractivity contribution in [3.05, 3.63) is 25.3 Å². The lowest BCUT2D eigenvalue weighted by Gasteiger charge is -2.12. The van der Waals surface area contributed by atoms with Crippen molar-refractivity contribution in [3.8, 4) is 0 Å². The molecule has 0 aliphatic rings. The minimum atomic E-state index is -0.0731. The molecule has 0 fully saturated rings. The van der Waals surface area contributed by atoms with Gasteiger partial charge in [-0.15, -0.1) is 13.2 Å². The number of carbonyl (C=O) groups is 1. The summed E-state index contributed by atoms with van der Waals surface area (Å²) in [7, 11) is 0. The Morgan fingerprint density at radius 3 is 2.33 bits per heavy atom. The normalized spacial score (nSPS) is 11.8. The largest absolute Gasteiger partial charge is 0.463 e. The molecule has 1 unspecified atom stereocenters. The highest BCUT2D eigenvalue weighted by atomic mass is 16.5. The number of carbonyl (C=O) groups excluding carboxylic acids is 1. The fourth-order valence-corrected chi connectivity index (χ4v) is 1.81. The second-order valence-corrected chi connectivity index (χ2v) is 4.76. The Labute approximate surface area is 112 Å². The molecule has 0 radical (unpaired) electrons. The van der Waals surface area contributed by atoms with E-state index in [0.717, 1.165) is 32.1 Å². The predicted octanol–water partition coefficient (Wildman–Crippen LogP) is 4.80. The van der Waals surface area contributed by atoms with Crippen LogP contribution in [0.1, 0.15) is 64.7 Å². The Morgan fingerprint density at radius 1 is 1.06 bits per heavy atom. The van der Waals surface area contributed by atoms with Gasteiger partial charge in [0.2, 0.25) is 0 Å². The summed E-state index contributed by atoms with van der Waals surface area (Å²) in [5.41, 5.74) is 0. The van der Waals surface area contributed by atoms with Crippen molar-refractivity contribution in [2.24, 2.45) is 0 Å². The third-order valence-corrected chi connectivity index (χ3v) is 2.89. The van der Waals surface area contributed by atoms with Gasteiger partial charge in [-0.1, -0.05) is 25.0 Å². The summed E-state index contributed by atoms with van der Waals surface area (Å²) in [5.74, 6) is -0.0731. The van der Waals surface area contributed by atoms with Crippen LogP contribution in [0.4, 0.5) is 0 Å². The summed E-state index contributed by atoms with van der Waals surface area (Å²) < 4.78 is 5.34. The Kier molecular flexibility index (Phi) is 11.7. The molecule has 0 aromatic rings. The van der Waals surface area contributed by atoms with Crippen LogP contribution in [-0.2, 0) is 9.53 Å². The monoisotopic (exact) mass is 252 g/mol. The van der Waals surface area contributed by atoms with Gasteiger partial charge in [-0.3, -0.25) is 4.79 Å². The highest BCUT2D eigenvalue weighted by Gasteiger charge is 2.08. The summed E-state index contributed by atoms with van der Waals surface area (Å²) in [4.78, 5) is 11.4. The van der Waals surface area contributed by atoms with Crippen molar-refractivity contribution in [1.82, 2.24) is 0 Å². The molecule has 18 heavy (non-hydrogen) atoms. The molecular formula is C16H28O2. The lowest BCUT2D eigenvalue weighted by molar-refractivity contribution is -0.148. The van der Waals surface area contributed by atoms with E-state index in [9.17, 15) is 4.79 Å². The van der Waals surface area contributed by atoms with E-state index in [1.54, 1.807) is 0 Å². The fraction of sp³-hybridized carbons (Fsp3) is 0.688. The van der Waals surface area contributed by atoms with Crippen LogP contribution in [-0.4, -0.2) is 12.1 Å². The molecule has 0 aromatic heterocycles. The van der Waals surface area contributed by atoms with Gasteiger partial charge in [0.1, 0.15) is 0 Å². The van der Waals surface area contributed by atoms with Crippen molar-refractivity contribution in [3.63, 3.8) is 0 Å². The molecule has 0 aliphatic heterocycles. The second kappa shape index (κ2) is 12.4. The molecule has 2 heteroatoms. The quantitative estimate of drug-likeness (QED) is 0.283. The van der Waals surface area contributed by atoms with Crippen molar-refractivity contribution in [2.75, 3.05) is 0 Å². The van der Waals surface area contributed by atoms with Crippen molar-refractivity contribution < 1.29 is 9.53 Å². The summed E-state index contributed by atoms with van der Waals surface area (Å²) >= 11 is 0. The van der Waals surface area contributed by atoms with Crippen molar-refractivity contribution in [2.45, 2.75) is 70.8 Å². The van der Waals surface area contributed by atoms with Gasteiger partial charge in [0.05, 0.1) is 6.10 Å². The van der Waals surface area contributed by atoms with E-state index < -0.39 is 0 Å². The van der Waals surface area contributed by atoms with E-state index in [0.29, 0.717) is 6.42 Å². The van der Waals surface area contributed by atoms with Crippen molar-refractivity contribution >= 4 is 5.97 Å². The maximum absolute atomic E-state index is 11.4. The van der Waals surface area contributed by atoms with Crippen LogP contribution in [0.2, 0.25) is 0 Å². The molecule has 0 saturated heterocycles. The zero-order valence-electron chi connectivity index (χ0n) is 11.8. The minimum absolute atomic E-state index is 0.0561. The maximum atomic E-state index is 11.4. The standard InChI is InChI=1S/C16H28O2/c1-4-6-8-9-10-12-13-15(3)18-16(17)14-11-7-5-2/h4-5,15H,1-2,6-14H2,3H3. The topological polar surface area (TPSA) is 26.3 Å². The van der Waals surface area contributed by atoms with Gasteiger partial charge in [-0.25, -0.2) is 0 Å². The van der Waals surface area contributed by atoms with Crippen LogP contribution in [0.3, 0.4) is 0 Å². The van der Waals surface area contributed by atoms with E-state index in [1.807, 2.05) is 19.1 Å². The molecule has 0 heterocycles. The Hall–Kier alpha value is -1.05. The highest BCUT2D eigenvalue weighted by molar-refractivity contribution is 5.69. The van der Waals surface area contributed by atoms with E-state index in [-0.39, 0.29) is 12.1 Å². The van der Waals surface area contributed by atoms with Gasteiger partial charge in [0.25, 0.3) is 0 Å². The van der Waals surface area contributed by atoms with Gasteiger partial charge in [-0.05, 0) is 45.4 Å². The molecule has 0 spiro atoms. The van der Waals surface area contributed by atoms with E-state index in [1.165, 1.54) is 19.3 Å². The van der Waals surface area contributed by atoms with E-state index in [4.69, 9.17) is 4.74 Å². The molecule has 0 amide bonds. The molecule has 0 aliphatic carbocycles. The number of unbranched alkanes of at least 4 members (excludes halogenated alkanes) is 5. The number of allylic oxidation sites excluding steroid dienone is 2. The number of ether oxygens (including phenoxy) is 1. The highest BCUT2D eigenvalue weighted by Crippen LogP contribution is 2.10. The van der Waals surface area contributed by atoms with Crippen LogP contribution in [0, 0.1) is 0 Å². The van der Waals surface area contributed by atoms with Gasteiger partial charge < -0.3 is 4.74 Å². The molecule has 0 N–H and O–H groups in total. The Balaban J connectivity index is 3.40. The first-order valence-electron chi connectivity index (χ1n) is 7.12. The molecular weight excluding hydrogens is 224 g/mol. The molecule has 0 aromatic carbocycles. The third-order valence-electron chi connectivity index (χ3n) is 2.89. The average molecular weight is 252 g/mol. The molecule has 0 rings (SSSR count). The summed E-state index contributed by atoms with van der Waals surface area (Å²) in [6.07, 6.45) is 13.0. The van der Waals surface area contributed by atoms with E-state index >= 15 is 0 Å². The Bertz CT molecular complexity index is 233. The summed E-state index contributed by atoms with van der Waals surface area (Å²) in [6, 6.07) is 0. The smallest absolute Gasteiger partial charge is 0.306 e. The number of rotatable bonds is 12. The average Bonchev–Trinajstić information content (AvgIpc) is 2.34. The first-order valence-corrected chi connectivity index (χ1v) is 7.12. The zero-order chi connectivity index (χ0) is 13.6. The Morgan fingerprint density at radius 2 is 1.67 bits per heavy atom. The first kappa shape index (κ1) is 16.9. The SMILES string of the molecule is C=CCCCCCCC(C)OC(=O)CCCC=C. The van der Waals surface area contributed by atoms with Gasteiger partial charge in [0.15, 0.2) is 0 Å². The number of esters is 1. The van der Waals surface area contributed by atoms with Crippen LogP contribution in [0.15, 0.2) is 25.3 Å². The zero-order valence-corrected chi connectivity index (χ0v) is 11.8. The van der Waals surface area contributed by atoms with Crippen LogP contribution in [0.25, 0.3) is 0 Å². The summed E-state index contributed by atoms with van der Waals surface area (Å²) in [5, 5.41) is 0. The number of hydrogen-bond donors (Lipinski definition) is 0. The predicted molar refractivity (Wildman–Crippen MR) is 77.5 cm³/mol. The van der Waals surface area contributed by atoms with Gasteiger partial charge >= 0.3 is 5.97 Å². The fourth-order valence-electron chi connectivity index (χ4n) is 1.81. The molecule has 2 nitrogen and oxygen atoms in total. The van der Waals surface area contributed by atoms with Gasteiger partial charge in [-0.2, -0.15) is 0 Å². The van der Waals surface area contributed by atoms with Crippen LogP contribution < -0.4 is 0 Å². The first-order chi connectivity index (χ1) is 8.70. The molecule has 0 bridgehead atoms. The maximum Gasteiger partial charge on any atom is 0.306 e. The van der Waals surface area contributed by atoms with Gasteiger partial charge in [0, 0.05) is 6.42 Å². The van der Waals surface area contributed by atoms with E-state index in [2.05, 4.69) is 13.2 Å². The summed E-state index contributed by atoms with van der Waals surface area (Å²) in [6.45, 7) is 9.32. The number of hydrogen-bond acceptors (Lipinski definition) is 2. The lowest BCUT2D eigenvalue weighted by atomic mass is 10.1. The third kappa shape index (κ3) is 11.4.